The number of rotatable bonds is 3. The number of ether oxygens (including phenoxy) is 1. The van der Waals surface area contributed by atoms with Gasteiger partial charge in [-0.15, -0.1) is 0 Å². The van der Waals surface area contributed by atoms with Gasteiger partial charge in [0.2, 0.25) is 0 Å². The molecule has 0 heterocycles. The van der Waals surface area contributed by atoms with Crippen LogP contribution in [0.25, 0.3) is 0 Å². The highest BCUT2D eigenvalue weighted by Gasteiger charge is 2.13. The maximum atomic E-state index is 13.4. The fourth-order valence-corrected chi connectivity index (χ4v) is 1.98. The van der Waals surface area contributed by atoms with E-state index in [-0.39, 0.29) is 17.7 Å². The van der Waals surface area contributed by atoms with E-state index in [0.717, 1.165) is 18.2 Å². The van der Waals surface area contributed by atoms with E-state index in [2.05, 4.69) is 15.9 Å². The third kappa shape index (κ3) is 3.33. The zero-order chi connectivity index (χ0) is 14.7. The molecule has 3 nitrogen and oxygen atoms in total. The van der Waals surface area contributed by atoms with Crippen molar-refractivity contribution in [3.63, 3.8) is 0 Å². The Morgan fingerprint density at radius 3 is 2.70 bits per heavy atom. The lowest BCUT2D eigenvalue weighted by molar-refractivity contribution is 0.0467. The highest BCUT2D eigenvalue weighted by molar-refractivity contribution is 9.10. The third-order valence-corrected chi connectivity index (χ3v) is 3.27. The maximum absolute atomic E-state index is 13.4. The van der Waals surface area contributed by atoms with Crippen molar-refractivity contribution in [3.05, 3.63) is 63.6 Å². The van der Waals surface area contributed by atoms with Gasteiger partial charge >= 0.3 is 5.97 Å². The predicted molar refractivity (Wildman–Crippen MR) is 74.0 cm³/mol. The first kappa shape index (κ1) is 14.5. The summed E-state index contributed by atoms with van der Waals surface area (Å²) >= 11 is 3.19. The van der Waals surface area contributed by atoms with Crippen LogP contribution in [0.15, 0.2) is 40.9 Å². The molecule has 20 heavy (non-hydrogen) atoms. The highest BCUT2D eigenvalue weighted by Crippen LogP contribution is 2.21. The van der Waals surface area contributed by atoms with E-state index < -0.39 is 17.6 Å². The summed E-state index contributed by atoms with van der Waals surface area (Å²) in [7, 11) is 0. The Kier molecular flexibility index (Phi) is 4.34. The van der Waals surface area contributed by atoms with E-state index in [1.165, 1.54) is 6.07 Å². The molecule has 0 spiro atoms. The second-order valence-electron chi connectivity index (χ2n) is 4.05. The lowest BCUT2D eigenvalue weighted by Gasteiger charge is -2.08. The molecule has 0 unspecified atom stereocenters. The minimum Gasteiger partial charge on any atom is -0.457 e. The first-order valence-electron chi connectivity index (χ1n) is 5.63. The molecule has 0 atom stereocenters. The Hall–Kier alpha value is -1.95. The molecule has 0 saturated carbocycles. The molecule has 0 radical (unpaired) electrons. The lowest BCUT2D eigenvalue weighted by atomic mass is 10.2. The highest BCUT2D eigenvalue weighted by atomic mass is 79.9. The smallest absolute Gasteiger partial charge is 0.339 e. The van der Waals surface area contributed by atoms with Crippen molar-refractivity contribution in [3.8, 4) is 0 Å². The first-order valence-corrected chi connectivity index (χ1v) is 6.43. The molecular weight excluding hydrogens is 332 g/mol. The van der Waals surface area contributed by atoms with E-state index >= 15 is 0 Å². The Morgan fingerprint density at radius 1 is 1.20 bits per heavy atom. The number of hydrogen-bond acceptors (Lipinski definition) is 3. The second-order valence-corrected chi connectivity index (χ2v) is 4.91. The number of carbonyl (C=O) groups excluding carboxylic acids is 1. The van der Waals surface area contributed by atoms with E-state index in [9.17, 15) is 13.6 Å². The number of nitrogen functional groups attached to an aromatic ring is 1. The van der Waals surface area contributed by atoms with Crippen LogP contribution in [0.4, 0.5) is 14.5 Å². The van der Waals surface area contributed by atoms with Gasteiger partial charge in [0.15, 0.2) is 0 Å². The Morgan fingerprint density at radius 2 is 1.95 bits per heavy atom. The molecule has 0 fully saturated rings. The van der Waals surface area contributed by atoms with Crippen molar-refractivity contribution < 1.29 is 18.3 Å². The van der Waals surface area contributed by atoms with Crippen LogP contribution in [0.1, 0.15) is 15.9 Å². The molecule has 6 heteroatoms. The average molecular weight is 342 g/mol. The number of nitrogens with two attached hydrogens (primary N) is 1. The molecule has 2 aromatic rings. The van der Waals surface area contributed by atoms with Crippen LogP contribution in [0.3, 0.4) is 0 Å². The Labute approximate surface area is 122 Å². The molecule has 0 aromatic heterocycles. The summed E-state index contributed by atoms with van der Waals surface area (Å²) in [4.78, 5) is 11.9. The summed E-state index contributed by atoms with van der Waals surface area (Å²) in [5.41, 5.74) is 6.17. The van der Waals surface area contributed by atoms with Crippen LogP contribution in [-0.4, -0.2) is 5.97 Å². The normalized spacial score (nSPS) is 10.3. The summed E-state index contributed by atoms with van der Waals surface area (Å²) in [5.74, 6) is -1.90. The number of anilines is 1. The van der Waals surface area contributed by atoms with Crippen molar-refractivity contribution in [1.29, 1.82) is 0 Å². The number of carbonyl (C=O) groups is 1. The van der Waals surface area contributed by atoms with Gasteiger partial charge in [-0.3, -0.25) is 0 Å². The molecule has 0 aliphatic heterocycles. The fraction of sp³-hybridized carbons (Fsp3) is 0.0714. The van der Waals surface area contributed by atoms with E-state index in [4.69, 9.17) is 10.5 Å². The summed E-state index contributed by atoms with van der Waals surface area (Å²) in [6.07, 6.45) is 0. The van der Waals surface area contributed by atoms with E-state index in [1.54, 1.807) is 12.1 Å². The van der Waals surface area contributed by atoms with Gasteiger partial charge in [0.1, 0.15) is 18.2 Å². The van der Waals surface area contributed by atoms with Crippen molar-refractivity contribution in [1.82, 2.24) is 0 Å². The molecule has 2 N–H and O–H groups in total. The lowest BCUT2D eigenvalue weighted by Crippen LogP contribution is -2.08. The second kappa shape index (κ2) is 6.00. The van der Waals surface area contributed by atoms with Crippen LogP contribution < -0.4 is 5.73 Å². The van der Waals surface area contributed by atoms with Crippen LogP contribution in [-0.2, 0) is 11.3 Å². The fourth-order valence-electron chi connectivity index (χ4n) is 1.57. The van der Waals surface area contributed by atoms with Crippen molar-refractivity contribution in [2.24, 2.45) is 0 Å². The van der Waals surface area contributed by atoms with Crippen LogP contribution in [0.5, 0.6) is 0 Å². The first-order chi connectivity index (χ1) is 9.47. The van der Waals surface area contributed by atoms with Crippen molar-refractivity contribution >= 4 is 27.6 Å². The van der Waals surface area contributed by atoms with Crippen LogP contribution in [0, 0.1) is 11.6 Å². The molecule has 0 saturated heterocycles. The zero-order valence-corrected chi connectivity index (χ0v) is 11.8. The molecule has 0 bridgehead atoms. The maximum Gasteiger partial charge on any atom is 0.339 e. The quantitative estimate of drug-likeness (QED) is 0.684. The Bertz CT molecular complexity index is 662. The van der Waals surface area contributed by atoms with Crippen LogP contribution >= 0.6 is 15.9 Å². The van der Waals surface area contributed by atoms with Gasteiger partial charge in [-0.2, -0.15) is 0 Å². The molecule has 2 aromatic carbocycles. The number of benzene rings is 2. The van der Waals surface area contributed by atoms with Crippen molar-refractivity contribution in [2.75, 3.05) is 5.73 Å². The van der Waals surface area contributed by atoms with E-state index in [0.29, 0.717) is 10.2 Å². The monoisotopic (exact) mass is 341 g/mol. The molecule has 0 aliphatic rings. The minimum absolute atomic E-state index is 0.0293. The standard InChI is InChI=1S/C14H10BrF2NO2/c15-12-3-2-10(18)6-11(12)14(19)20-7-8-5-9(16)1-4-13(8)17/h1-6H,7,18H2. The topological polar surface area (TPSA) is 52.3 Å². The molecule has 2 rings (SSSR count). The SMILES string of the molecule is Nc1ccc(Br)c(C(=O)OCc2cc(F)ccc2F)c1. The van der Waals surface area contributed by atoms with Gasteiger partial charge in [-0.1, -0.05) is 0 Å². The number of halogens is 3. The molecule has 104 valence electrons. The van der Waals surface area contributed by atoms with Gasteiger partial charge in [0, 0.05) is 15.7 Å². The average Bonchev–Trinajstić information content (AvgIpc) is 2.42. The third-order valence-electron chi connectivity index (χ3n) is 2.58. The van der Waals surface area contributed by atoms with Gasteiger partial charge < -0.3 is 10.5 Å². The van der Waals surface area contributed by atoms with Gasteiger partial charge in [0.25, 0.3) is 0 Å². The molecule has 0 aliphatic carbocycles. The van der Waals surface area contributed by atoms with Crippen molar-refractivity contribution in [2.45, 2.75) is 6.61 Å². The van der Waals surface area contributed by atoms with Gasteiger partial charge in [0.05, 0.1) is 5.56 Å². The summed E-state index contributed by atoms with van der Waals surface area (Å²) < 4.78 is 31.8. The predicted octanol–water partition coefficient (Wildman–Crippen LogP) is 3.67. The van der Waals surface area contributed by atoms with Gasteiger partial charge in [-0.25, -0.2) is 13.6 Å². The van der Waals surface area contributed by atoms with E-state index in [1.807, 2.05) is 0 Å². The Balaban J connectivity index is 2.12. The zero-order valence-electron chi connectivity index (χ0n) is 10.2. The van der Waals surface area contributed by atoms with Crippen LogP contribution in [0.2, 0.25) is 0 Å². The summed E-state index contributed by atoms with van der Waals surface area (Å²) in [6, 6.07) is 7.62. The number of esters is 1. The number of hydrogen-bond donors (Lipinski definition) is 1. The molecular formula is C14H10BrF2NO2. The summed E-state index contributed by atoms with van der Waals surface area (Å²) in [5, 5.41) is 0. The molecule has 0 amide bonds. The largest absolute Gasteiger partial charge is 0.457 e. The van der Waals surface area contributed by atoms with Gasteiger partial charge in [-0.05, 0) is 52.3 Å². The summed E-state index contributed by atoms with van der Waals surface area (Å²) in [6.45, 7) is -0.357. The minimum atomic E-state index is -0.673.